The summed E-state index contributed by atoms with van der Waals surface area (Å²) in [5.74, 6) is -2.20. The molecule has 8 nitrogen and oxygen atoms in total. The molecule has 0 fully saturated rings. The van der Waals surface area contributed by atoms with Gasteiger partial charge in [0.25, 0.3) is 5.91 Å². The molecule has 2 N–H and O–H groups in total. The van der Waals surface area contributed by atoms with Gasteiger partial charge >= 0.3 is 5.97 Å². The minimum atomic E-state index is -3.32. The second kappa shape index (κ2) is 7.26. The molecule has 9 heteroatoms. The molecule has 0 aliphatic rings. The highest BCUT2D eigenvalue weighted by Gasteiger charge is 2.22. The Kier molecular flexibility index (Phi) is 5.35. The lowest BCUT2D eigenvalue weighted by atomic mass is 10.1. The molecule has 1 amide bonds. The standard InChI is InChI=1S/C15H17N3O5S/c1-24(22,23)9-6-13(15(20)21)17-14(19)11-4-2-5-12(10-11)18-8-3-7-16-18/h2-5,7-8,10,13H,6,9H2,1H3,(H,17,19)(H,20,21). The van der Waals surface area contributed by atoms with Crippen molar-refractivity contribution in [2.75, 3.05) is 12.0 Å². The van der Waals surface area contributed by atoms with Gasteiger partial charge in [-0.2, -0.15) is 5.10 Å². The minimum Gasteiger partial charge on any atom is -0.480 e. The van der Waals surface area contributed by atoms with E-state index in [1.54, 1.807) is 41.3 Å². The molecular formula is C15H17N3O5S. The van der Waals surface area contributed by atoms with Crippen LogP contribution in [0.15, 0.2) is 42.7 Å². The molecule has 0 bridgehead atoms. The van der Waals surface area contributed by atoms with E-state index in [0.717, 1.165) is 6.26 Å². The number of carboxylic acids is 1. The Hall–Kier alpha value is -2.68. The lowest BCUT2D eigenvalue weighted by Crippen LogP contribution is -2.41. The van der Waals surface area contributed by atoms with E-state index in [9.17, 15) is 18.0 Å². The van der Waals surface area contributed by atoms with E-state index in [1.165, 1.54) is 6.07 Å². The summed E-state index contributed by atoms with van der Waals surface area (Å²) in [6.07, 6.45) is 4.13. The number of sulfone groups is 1. The van der Waals surface area contributed by atoms with E-state index < -0.39 is 27.8 Å². The molecule has 1 unspecified atom stereocenters. The van der Waals surface area contributed by atoms with Crippen molar-refractivity contribution in [1.29, 1.82) is 0 Å². The number of nitrogens with zero attached hydrogens (tertiary/aromatic N) is 2. The van der Waals surface area contributed by atoms with Gasteiger partial charge < -0.3 is 10.4 Å². The Bertz CT molecular complexity index is 831. The first-order chi connectivity index (χ1) is 11.3. The average molecular weight is 351 g/mol. The normalized spacial score (nSPS) is 12.5. The number of amides is 1. The van der Waals surface area contributed by atoms with Crippen LogP contribution in [-0.2, 0) is 14.6 Å². The Morgan fingerprint density at radius 1 is 1.33 bits per heavy atom. The van der Waals surface area contributed by atoms with E-state index in [0.29, 0.717) is 5.69 Å². The number of aromatic nitrogens is 2. The van der Waals surface area contributed by atoms with E-state index in [2.05, 4.69) is 10.4 Å². The molecule has 0 saturated carbocycles. The molecule has 1 aromatic heterocycles. The first-order valence-electron chi connectivity index (χ1n) is 7.08. The summed E-state index contributed by atoms with van der Waals surface area (Å²) in [4.78, 5) is 23.5. The number of carbonyl (C=O) groups is 2. The highest BCUT2D eigenvalue weighted by molar-refractivity contribution is 7.90. The predicted molar refractivity (Wildman–Crippen MR) is 86.8 cm³/mol. The maximum atomic E-state index is 12.3. The fraction of sp³-hybridized carbons (Fsp3) is 0.267. The highest BCUT2D eigenvalue weighted by Crippen LogP contribution is 2.10. The number of rotatable bonds is 7. The van der Waals surface area contributed by atoms with Gasteiger partial charge in [0.2, 0.25) is 0 Å². The van der Waals surface area contributed by atoms with Gasteiger partial charge in [-0.05, 0) is 30.7 Å². The number of benzene rings is 1. The SMILES string of the molecule is CS(=O)(=O)CCC(NC(=O)c1cccc(-n2cccn2)c1)C(=O)O. The second-order valence-corrected chi connectivity index (χ2v) is 7.54. The molecule has 0 spiro atoms. The van der Waals surface area contributed by atoms with Crippen LogP contribution < -0.4 is 5.32 Å². The van der Waals surface area contributed by atoms with Crippen LogP contribution in [0.1, 0.15) is 16.8 Å². The average Bonchev–Trinajstić information content (AvgIpc) is 3.04. The van der Waals surface area contributed by atoms with Gasteiger partial charge in [-0.3, -0.25) is 4.79 Å². The van der Waals surface area contributed by atoms with Gasteiger partial charge in [-0.15, -0.1) is 0 Å². The molecule has 2 aromatic rings. The summed E-state index contributed by atoms with van der Waals surface area (Å²) >= 11 is 0. The molecular weight excluding hydrogens is 334 g/mol. The molecule has 1 aromatic carbocycles. The second-order valence-electron chi connectivity index (χ2n) is 5.28. The van der Waals surface area contributed by atoms with Gasteiger partial charge in [0.15, 0.2) is 0 Å². The summed E-state index contributed by atoms with van der Waals surface area (Å²) in [5, 5.41) is 15.5. The molecule has 0 aliphatic carbocycles. The van der Waals surface area contributed by atoms with Gasteiger partial charge in [0.05, 0.1) is 11.4 Å². The smallest absolute Gasteiger partial charge is 0.326 e. The number of hydrogen-bond donors (Lipinski definition) is 2. The van der Waals surface area contributed by atoms with Gasteiger partial charge in [-0.1, -0.05) is 6.07 Å². The van der Waals surface area contributed by atoms with Crippen molar-refractivity contribution in [3.63, 3.8) is 0 Å². The zero-order valence-electron chi connectivity index (χ0n) is 12.9. The third kappa shape index (κ3) is 4.92. The number of carbonyl (C=O) groups excluding carboxylic acids is 1. The highest BCUT2D eigenvalue weighted by atomic mass is 32.2. The van der Waals surface area contributed by atoms with E-state index in [4.69, 9.17) is 5.11 Å². The number of carboxylic acid groups (broad SMARTS) is 1. The molecule has 1 atom stereocenters. The molecule has 128 valence electrons. The quantitative estimate of drug-likeness (QED) is 0.749. The number of nitrogens with one attached hydrogen (secondary N) is 1. The lowest BCUT2D eigenvalue weighted by Gasteiger charge is -2.14. The van der Waals surface area contributed by atoms with Gasteiger partial charge in [0.1, 0.15) is 15.9 Å². The fourth-order valence-electron chi connectivity index (χ4n) is 2.04. The Morgan fingerprint density at radius 2 is 2.08 bits per heavy atom. The first-order valence-corrected chi connectivity index (χ1v) is 9.14. The van der Waals surface area contributed by atoms with Crippen molar-refractivity contribution in [2.45, 2.75) is 12.5 Å². The molecule has 0 saturated heterocycles. The minimum absolute atomic E-state index is 0.196. The van der Waals surface area contributed by atoms with Crippen molar-refractivity contribution in [3.05, 3.63) is 48.3 Å². The lowest BCUT2D eigenvalue weighted by molar-refractivity contribution is -0.139. The van der Waals surface area contributed by atoms with E-state index in [-0.39, 0.29) is 17.7 Å². The fourth-order valence-corrected chi connectivity index (χ4v) is 2.71. The molecule has 1 heterocycles. The van der Waals surface area contributed by atoms with Crippen molar-refractivity contribution in [3.8, 4) is 5.69 Å². The monoisotopic (exact) mass is 351 g/mol. The zero-order valence-corrected chi connectivity index (χ0v) is 13.7. The molecule has 24 heavy (non-hydrogen) atoms. The maximum absolute atomic E-state index is 12.3. The third-order valence-electron chi connectivity index (χ3n) is 3.26. The van der Waals surface area contributed by atoms with Gasteiger partial charge in [0, 0.05) is 24.2 Å². The van der Waals surface area contributed by atoms with Crippen molar-refractivity contribution in [2.24, 2.45) is 0 Å². The summed E-state index contributed by atoms with van der Waals surface area (Å²) in [5.41, 5.74) is 0.907. The molecule has 2 rings (SSSR count). The van der Waals surface area contributed by atoms with E-state index in [1.807, 2.05) is 0 Å². The van der Waals surface area contributed by atoms with E-state index >= 15 is 0 Å². The van der Waals surface area contributed by atoms with Crippen LogP contribution in [0.2, 0.25) is 0 Å². The Morgan fingerprint density at radius 3 is 2.67 bits per heavy atom. The molecule has 0 radical (unpaired) electrons. The van der Waals surface area contributed by atoms with Crippen LogP contribution in [-0.4, -0.2) is 53.2 Å². The summed E-state index contributed by atoms with van der Waals surface area (Å²) in [7, 11) is -3.32. The van der Waals surface area contributed by atoms with Crippen LogP contribution in [0.4, 0.5) is 0 Å². The summed E-state index contributed by atoms with van der Waals surface area (Å²) in [6, 6.07) is 6.97. The Labute approximate surface area is 139 Å². The summed E-state index contributed by atoms with van der Waals surface area (Å²) in [6.45, 7) is 0. The predicted octanol–water partition coefficient (Wildman–Crippen LogP) is 0.490. The van der Waals surface area contributed by atoms with Crippen LogP contribution in [0.25, 0.3) is 5.69 Å². The third-order valence-corrected chi connectivity index (χ3v) is 4.24. The van der Waals surface area contributed by atoms with Crippen LogP contribution in [0.5, 0.6) is 0 Å². The molecule has 0 aliphatic heterocycles. The first kappa shape index (κ1) is 17.7. The van der Waals surface area contributed by atoms with Crippen LogP contribution >= 0.6 is 0 Å². The summed E-state index contributed by atoms with van der Waals surface area (Å²) < 4.78 is 23.9. The van der Waals surface area contributed by atoms with Gasteiger partial charge in [-0.25, -0.2) is 17.9 Å². The van der Waals surface area contributed by atoms with Crippen LogP contribution in [0, 0.1) is 0 Å². The van der Waals surface area contributed by atoms with Crippen molar-refractivity contribution < 1.29 is 23.1 Å². The number of aliphatic carboxylic acids is 1. The zero-order chi connectivity index (χ0) is 17.7. The largest absolute Gasteiger partial charge is 0.480 e. The number of hydrogen-bond acceptors (Lipinski definition) is 5. The topological polar surface area (TPSA) is 118 Å². The Balaban J connectivity index is 2.12. The van der Waals surface area contributed by atoms with Crippen molar-refractivity contribution >= 4 is 21.7 Å². The van der Waals surface area contributed by atoms with Crippen molar-refractivity contribution in [1.82, 2.24) is 15.1 Å². The van der Waals surface area contributed by atoms with Crippen LogP contribution in [0.3, 0.4) is 0 Å². The maximum Gasteiger partial charge on any atom is 0.326 e.